The van der Waals surface area contributed by atoms with E-state index in [0.717, 1.165) is 5.56 Å². The van der Waals surface area contributed by atoms with Crippen LogP contribution in [0.2, 0.25) is 5.02 Å². The van der Waals surface area contributed by atoms with Crippen LogP contribution >= 0.6 is 11.6 Å². The summed E-state index contributed by atoms with van der Waals surface area (Å²) >= 11 is 5.84. The first-order valence-corrected chi connectivity index (χ1v) is 7.78. The van der Waals surface area contributed by atoms with Gasteiger partial charge in [0.25, 0.3) is 5.91 Å². The van der Waals surface area contributed by atoms with E-state index in [4.69, 9.17) is 16.3 Å². The molecule has 0 spiro atoms. The lowest BCUT2D eigenvalue weighted by atomic mass is 10.1. The maximum atomic E-state index is 12.9. The lowest BCUT2D eigenvalue weighted by molar-refractivity contribution is -0.130. The second-order valence-electron chi connectivity index (χ2n) is 5.58. The minimum absolute atomic E-state index is 0.00102. The lowest BCUT2D eigenvalue weighted by Gasteiger charge is -2.22. The number of ether oxygens (including phenoxy) is 1. The molecule has 0 saturated heterocycles. The SMILES string of the molecule is CC(C)C(Oc1ccc(Cl)cc1)C(=O)NCc1ccc(F)cc1. The van der Waals surface area contributed by atoms with Crippen LogP contribution in [0.15, 0.2) is 48.5 Å². The molecule has 0 radical (unpaired) electrons. The maximum absolute atomic E-state index is 12.9. The summed E-state index contributed by atoms with van der Waals surface area (Å²) in [5.41, 5.74) is 0.828. The second-order valence-corrected chi connectivity index (χ2v) is 6.02. The fraction of sp³-hybridized carbons (Fsp3) is 0.278. The Labute approximate surface area is 140 Å². The van der Waals surface area contributed by atoms with E-state index in [9.17, 15) is 9.18 Å². The van der Waals surface area contributed by atoms with E-state index in [2.05, 4.69) is 5.32 Å². The third-order valence-corrected chi connectivity index (χ3v) is 3.57. The van der Waals surface area contributed by atoms with Crippen LogP contribution < -0.4 is 10.1 Å². The number of amides is 1. The van der Waals surface area contributed by atoms with E-state index < -0.39 is 6.10 Å². The van der Waals surface area contributed by atoms with Gasteiger partial charge in [0, 0.05) is 11.6 Å². The van der Waals surface area contributed by atoms with Crippen molar-refractivity contribution in [2.24, 2.45) is 5.92 Å². The van der Waals surface area contributed by atoms with Gasteiger partial charge in [0.15, 0.2) is 6.10 Å². The number of halogens is 2. The first kappa shape index (κ1) is 17.3. The predicted octanol–water partition coefficient (Wildman–Crippen LogP) is 4.20. The molecule has 23 heavy (non-hydrogen) atoms. The summed E-state index contributed by atoms with van der Waals surface area (Å²) in [6.45, 7) is 4.16. The van der Waals surface area contributed by atoms with Crippen molar-refractivity contribution in [3.05, 3.63) is 64.9 Å². The zero-order chi connectivity index (χ0) is 16.8. The molecule has 0 heterocycles. The van der Waals surface area contributed by atoms with Gasteiger partial charge in [0.05, 0.1) is 0 Å². The quantitative estimate of drug-likeness (QED) is 0.859. The average Bonchev–Trinajstić information content (AvgIpc) is 2.53. The molecule has 3 nitrogen and oxygen atoms in total. The van der Waals surface area contributed by atoms with E-state index in [1.54, 1.807) is 36.4 Å². The molecule has 0 aliphatic heterocycles. The standard InChI is InChI=1S/C18H19ClFNO2/c1-12(2)17(23-16-9-5-14(19)6-10-16)18(22)21-11-13-3-7-15(20)8-4-13/h3-10,12,17H,11H2,1-2H3,(H,21,22). The molecule has 0 aliphatic rings. The van der Waals surface area contributed by atoms with Gasteiger partial charge in [-0.3, -0.25) is 4.79 Å². The highest BCUT2D eigenvalue weighted by molar-refractivity contribution is 6.30. The Kier molecular flexibility index (Phi) is 5.99. The smallest absolute Gasteiger partial charge is 0.261 e. The summed E-state index contributed by atoms with van der Waals surface area (Å²) in [5.74, 6) is 0.0782. The van der Waals surface area contributed by atoms with Crippen LogP contribution in [0.3, 0.4) is 0 Å². The minimum Gasteiger partial charge on any atom is -0.480 e. The molecule has 0 aliphatic carbocycles. The summed E-state index contributed by atoms with van der Waals surface area (Å²) in [6, 6.07) is 12.9. The molecule has 1 atom stereocenters. The summed E-state index contributed by atoms with van der Waals surface area (Å²) in [6.07, 6.45) is -0.614. The molecular weight excluding hydrogens is 317 g/mol. The zero-order valence-electron chi connectivity index (χ0n) is 13.1. The molecule has 0 bridgehead atoms. The number of nitrogens with one attached hydrogen (secondary N) is 1. The molecule has 1 amide bonds. The topological polar surface area (TPSA) is 38.3 Å². The highest BCUT2D eigenvalue weighted by atomic mass is 35.5. The second kappa shape index (κ2) is 7.97. The predicted molar refractivity (Wildman–Crippen MR) is 89.0 cm³/mol. The summed E-state index contributed by atoms with van der Waals surface area (Å²) in [4.78, 5) is 12.4. The van der Waals surface area contributed by atoms with Crippen LogP contribution in [0, 0.1) is 11.7 Å². The molecule has 1 N–H and O–H groups in total. The van der Waals surface area contributed by atoms with Crippen molar-refractivity contribution < 1.29 is 13.9 Å². The number of benzene rings is 2. The molecule has 5 heteroatoms. The van der Waals surface area contributed by atoms with Crippen molar-refractivity contribution >= 4 is 17.5 Å². The van der Waals surface area contributed by atoms with E-state index in [1.807, 2.05) is 13.8 Å². The van der Waals surface area contributed by atoms with Gasteiger partial charge in [-0.1, -0.05) is 37.6 Å². The monoisotopic (exact) mass is 335 g/mol. The molecule has 1 unspecified atom stereocenters. The highest BCUT2D eigenvalue weighted by Gasteiger charge is 2.24. The molecule has 2 aromatic carbocycles. The van der Waals surface area contributed by atoms with Crippen molar-refractivity contribution in [2.75, 3.05) is 0 Å². The molecule has 0 saturated carbocycles. The molecule has 2 rings (SSSR count). The summed E-state index contributed by atoms with van der Waals surface area (Å²) < 4.78 is 18.6. The highest BCUT2D eigenvalue weighted by Crippen LogP contribution is 2.19. The molecular formula is C18H19ClFNO2. The van der Waals surface area contributed by atoms with E-state index in [1.165, 1.54) is 12.1 Å². The van der Waals surface area contributed by atoms with Gasteiger partial charge in [-0.2, -0.15) is 0 Å². The van der Waals surface area contributed by atoms with Gasteiger partial charge in [-0.15, -0.1) is 0 Å². The minimum atomic E-state index is -0.614. The van der Waals surface area contributed by atoms with Crippen molar-refractivity contribution in [2.45, 2.75) is 26.5 Å². The average molecular weight is 336 g/mol. The van der Waals surface area contributed by atoms with Crippen LogP contribution in [0.5, 0.6) is 5.75 Å². The summed E-state index contributed by atoms with van der Waals surface area (Å²) in [7, 11) is 0. The Bertz CT molecular complexity index is 641. The van der Waals surface area contributed by atoms with Gasteiger partial charge < -0.3 is 10.1 Å². The number of hydrogen-bond acceptors (Lipinski definition) is 2. The molecule has 0 fully saturated rings. The number of carbonyl (C=O) groups excluding carboxylic acids is 1. The van der Waals surface area contributed by atoms with E-state index >= 15 is 0 Å². The van der Waals surface area contributed by atoms with Gasteiger partial charge in [-0.25, -0.2) is 4.39 Å². The number of hydrogen-bond donors (Lipinski definition) is 1. The largest absolute Gasteiger partial charge is 0.480 e. The molecule has 122 valence electrons. The third kappa shape index (κ3) is 5.25. The van der Waals surface area contributed by atoms with Crippen molar-refractivity contribution in [3.8, 4) is 5.75 Å². The number of carbonyl (C=O) groups is 1. The van der Waals surface area contributed by atoms with Crippen LogP contribution in [0.4, 0.5) is 4.39 Å². The van der Waals surface area contributed by atoms with Crippen LogP contribution in [0.1, 0.15) is 19.4 Å². The van der Waals surface area contributed by atoms with Gasteiger partial charge in [0.1, 0.15) is 11.6 Å². The number of rotatable bonds is 6. The first-order chi connectivity index (χ1) is 11.0. The van der Waals surface area contributed by atoms with Gasteiger partial charge in [-0.05, 0) is 47.9 Å². The molecule has 2 aromatic rings. The first-order valence-electron chi connectivity index (χ1n) is 7.40. The maximum Gasteiger partial charge on any atom is 0.261 e. The van der Waals surface area contributed by atoms with E-state index in [-0.39, 0.29) is 17.6 Å². The Morgan fingerprint density at radius 1 is 1.13 bits per heavy atom. The summed E-state index contributed by atoms with van der Waals surface area (Å²) in [5, 5.41) is 3.43. The Morgan fingerprint density at radius 2 is 1.74 bits per heavy atom. The Balaban J connectivity index is 1.97. The fourth-order valence-electron chi connectivity index (χ4n) is 2.04. The van der Waals surface area contributed by atoms with Gasteiger partial charge in [0.2, 0.25) is 0 Å². The van der Waals surface area contributed by atoms with Crippen LogP contribution in [-0.4, -0.2) is 12.0 Å². The van der Waals surface area contributed by atoms with Crippen molar-refractivity contribution in [3.63, 3.8) is 0 Å². The zero-order valence-corrected chi connectivity index (χ0v) is 13.8. The fourth-order valence-corrected chi connectivity index (χ4v) is 2.17. The van der Waals surface area contributed by atoms with Gasteiger partial charge >= 0.3 is 0 Å². The van der Waals surface area contributed by atoms with Crippen LogP contribution in [-0.2, 0) is 11.3 Å². The van der Waals surface area contributed by atoms with Crippen molar-refractivity contribution in [1.29, 1.82) is 0 Å². The Morgan fingerprint density at radius 3 is 2.30 bits per heavy atom. The van der Waals surface area contributed by atoms with E-state index in [0.29, 0.717) is 17.3 Å². The Hall–Kier alpha value is -2.07. The lowest BCUT2D eigenvalue weighted by Crippen LogP contribution is -2.41. The van der Waals surface area contributed by atoms with Crippen LogP contribution in [0.25, 0.3) is 0 Å². The van der Waals surface area contributed by atoms with Crippen molar-refractivity contribution in [1.82, 2.24) is 5.32 Å². The third-order valence-electron chi connectivity index (χ3n) is 3.32. The molecule has 0 aromatic heterocycles. The normalized spacial score (nSPS) is 12.0.